The first-order valence-corrected chi connectivity index (χ1v) is 11.7. The molecule has 4 nitrogen and oxygen atoms in total. The highest BCUT2D eigenvalue weighted by Crippen LogP contribution is 2.43. The van der Waals surface area contributed by atoms with Crippen molar-refractivity contribution in [3.05, 3.63) is 94.5 Å². The number of ether oxygens (including phenoxy) is 2. The van der Waals surface area contributed by atoms with Gasteiger partial charge < -0.3 is 9.47 Å². The van der Waals surface area contributed by atoms with E-state index < -0.39 is 11.9 Å². The number of esters is 2. The zero-order valence-corrected chi connectivity index (χ0v) is 19.3. The number of benzene rings is 3. The van der Waals surface area contributed by atoms with Gasteiger partial charge in [0, 0.05) is 0 Å². The Balaban J connectivity index is 1.74. The van der Waals surface area contributed by atoms with Crippen molar-refractivity contribution >= 4 is 11.9 Å². The second kappa shape index (κ2) is 10.5. The lowest BCUT2D eigenvalue weighted by molar-refractivity contribution is 0.0680. The third-order valence-electron chi connectivity index (χ3n) is 6.41. The average Bonchev–Trinajstić information content (AvgIpc) is 3.14. The van der Waals surface area contributed by atoms with Crippen LogP contribution in [0.5, 0.6) is 11.5 Å². The first-order valence-electron chi connectivity index (χ1n) is 11.7. The van der Waals surface area contributed by atoms with E-state index in [4.69, 9.17) is 9.47 Å². The molecule has 1 fully saturated rings. The summed E-state index contributed by atoms with van der Waals surface area (Å²) in [6, 6.07) is 19.8. The molecular weight excluding hydrogens is 412 g/mol. The molecule has 4 heteroatoms. The van der Waals surface area contributed by atoms with Crippen LogP contribution in [0.2, 0.25) is 0 Å². The molecule has 33 heavy (non-hydrogen) atoms. The van der Waals surface area contributed by atoms with Gasteiger partial charge in [0.25, 0.3) is 0 Å². The molecule has 0 aromatic heterocycles. The van der Waals surface area contributed by atoms with E-state index >= 15 is 0 Å². The Morgan fingerprint density at radius 3 is 1.70 bits per heavy atom. The number of aryl methyl sites for hydroxylation is 1. The molecule has 0 radical (unpaired) electrons. The minimum absolute atomic E-state index is 0.308. The Hall–Kier alpha value is -3.40. The Labute approximate surface area is 195 Å². The van der Waals surface area contributed by atoms with Gasteiger partial charge in [0.2, 0.25) is 0 Å². The highest BCUT2D eigenvalue weighted by Gasteiger charge is 2.26. The summed E-state index contributed by atoms with van der Waals surface area (Å²) in [7, 11) is 0. The van der Waals surface area contributed by atoms with Gasteiger partial charge in [-0.25, -0.2) is 9.59 Å². The maximum absolute atomic E-state index is 13.0. The SMILES string of the molecule is Cc1cc(C2CCCCCC2)c(C)c(OC(=O)c2ccccc2)c1OC(=O)c1ccccc1. The lowest BCUT2D eigenvalue weighted by atomic mass is 9.87. The van der Waals surface area contributed by atoms with Gasteiger partial charge in [-0.15, -0.1) is 0 Å². The van der Waals surface area contributed by atoms with Gasteiger partial charge in [-0.3, -0.25) is 0 Å². The molecule has 0 saturated heterocycles. The molecule has 3 aromatic carbocycles. The van der Waals surface area contributed by atoms with Crippen molar-refractivity contribution in [2.45, 2.75) is 58.3 Å². The van der Waals surface area contributed by atoms with E-state index in [0.717, 1.165) is 24.0 Å². The van der Waals surface area contributed by atoms with Crippen molar-refractivity contribution in [1.82, 2.24) is 0 Å². The molecule has 0 spiro atoms. The molecule has 170 valence electrons. The van der Waals surface area contributed by atoms with E-state index in [1.54, 1.807) is 48.5 Å². The molecule has 0 amide bonds. The molecule has 1 saturated carbocycles. The van der Waals surface area contributed by atoms with Gasteiger partial charge in [0.05, 0.1) is 11.1 Å². The Morgan fingerprint density at radius 1 is 0.697 bits per heavy atom. The average molecular weight is 443 g/mol. The summed E-state index contributed by atoms with van der Waals surface area (Å²) >= 11 is 0. The lowest BCUT2D eigenvalue weighted by Gasteiger charge is -2.23. The second-order valence-electron chi connectivity index (χ2n) is 8.77. The van der Waals surface area contributed by atoms with Crippen LogP contribution in [0.15, 0.2) is 66.7 Å². The molecule has 0 heterocycles. The second-order valence-corrected chi connectivity index (χ2v) is 8.77. The molecule has 3 aromatic rings. The fourth-order valence-electron chi connectivity index (χ4n) is 4.60. The Morgan fingerprint density at radius 2 is 1.18 bits per heavy atom. The predicted octanol–water partition coefficient (Wildman–Crippen LogP) is 7.18. The smallest absolute Gasteiger partial charge is 0.343 e. The van der Waals surface area contributed by atoms with E-state index in [2.05, 4.69) is 6.07 Å². The third-order valence-corrected chi connectivity index (χ3v) is 6.41. The maximum Gasteiger partial charge on any atom is 0.343 e. The van der Waals surface area contributed by atoms with Gasteiger partial charge in [-0.05, 0) is 73.6 Å². The molecule has 1 aliphatic rings. The normalized spacial score (nSPS) is 14.4. The van der Waals surface area contributed by atoms with E-state index in [9.17, 15) is 9.59 Å². The van der Waals surface area contributed by atoms with Crippen LogP contribution < -0.4 is 9.47 Å². The summed E-state index contributed by atoms with van der Waals surface area (Å²) in [6.07, 6.45) is 7.17. The van der Waals surface area contributed by atoms with Crippen molar-refractivity contribution in [1.29, 1.82) is 0 Å². The standard InChI is InChI=1S/C29H30O4/c1-20-19-25(22-13-7-3-4-8-14-22)21(2)27(33-29(31)24-17-11-6-12-18-24)26(20)32-28(30)23-15-9-5-10-16-23/h5-6,9-12,15-19,22H,3-4,7-8,13-14H2,1-2H3. The van der Waals surface area contributed by atoms with Crippen LogP contribution in [-0.2, 0) is 0 Å². The van der Waals surface area contributed by atoms with Crippen molar-refractivity contribution < 1.29 is 19.1 Å². The molecule has 0 bridgehead atoms. The number of hydrogen-bond acceptors (Lipinski definition) is 4. The van der Waals surface area contributed by atoms with Gasteiger partial charge >= 0.3 is 11.9 Å². The minimum Gasteiger partial charge on any atom is -0.419 e. The highest BCUT2D eigenvalue weighted by molar-refractivity contribution is 5.93. The zero-order valence-electron chi connectivity index (χ0n) is 19.3. The summed E-state index contributed by atoms with van der Waals surface area (Å²) in [5, 5.41) is 0. The topological polar surface area (TPSA) is 52.6 Å². The van der Waals surface area contributed by atoms with Gasteiger partial charge in [0.1, 0.15) is 0 Å². The summed E-state index contributed by atoms with van der Waals surface area (Å²) in [6.45, 7) is 3.88. The quantitative estimate of drug-likeness (QED) is 0.239. The first kappa shape index (κ1) is 22.8. The minimum atomic E-state index is -0.475. The third kappa shape index (κ3) is 5.33. The van der Waals surface area contributed by atoms with Crippen molar-refractivity contribution in [2.24, 2.45) is 0 Å². The lowest BCUT2D eigenvalue weighted by Crippen LogP contribution is -2.15. The number of rotatable bonds is 5. The highest BCUT2D eigenvalue weighted by atomic mass is 16.6. The number of carbonyl (C=O) groups is 2. The van der Waals surface area contributed by atoms with Crippen LogP contribution in [0.3, 0.4) is 0 Å². The molecule has 0 atom stereocenters. The van der Waals surface area contributed by atoms with Crippen molar-refractivity contribution in [2.75, 3.05) is 0 Å². The largest absolute Gasteiger partial charge is 0.419 e. The Kier molecular flexibility index (Phi) is 7.23. The fourth-order valence-corrected chi connectivity index (χ4v) is 4.60. The van der Waals surface area contributed by atoms with Gasteiger partial charge in [0.15, 0.2) is 11.5 Å². The van der Waals surface area contributed by atoms with E-state index in [-0.39, 0.29) is 0 Å². The van der Waals surface area contributed by atoms with Crippen LogP contribution in [0.1, 0.15) is 81.8 Å². The molecule has 0 aliphatic heterocycles. The van der Waals surface area contributed by atoms with E-state index in [0.29, 0.717) is 28.5 Å². The first-order chi connectivity index (χ1) is 16.0. The molecule has 0 unspecified atom stereocenters. The summed E-state index contributed by atoms with van der Waals surface area (Å²) < 4.78 is 11.8. The van der Waals surface area contributed by atoms with E-state index in [1.165, 1.54) is 31.2 Å². The summed E-state index contributed by atoms with van der Waals surface area (Å²) in [4.78, 5) is 25.8. The number of hydrogen-bond donors (Lipinski definition) is 0. The molecule has 0 N–H and O–H groups in total. The monoisotopic (exact) mass is 442 g/mol. The van der Waals surface area contributed by atoms with E-state index in [1.807, 2.05) is 26.0 Å². The number of carbonyl (C=O) groups excluding carboxylic acids is 2. The van der Waals surface area contributed by atoms with Gasteiger partial charge in [-0.2, -0.15) is 0 Å². The van der Waals surface area contributed by atoms with Crippen LogP contribution in [0.25, 0.3) is 0 Å². The molecular formula is C29H30O4. The zero-order chi connectivity index (χ0) is 23.2. The molecule has 4 rings (SSSR count). The van der Waals surface area contributed by atoms with Crippen molar-refractivity contribution in [3.8, 4) is 11.5 Å². The summed E-state index contributed by atoms with van der Waals surface area (Å²) in [5.41, 5.74) is 3.75. The van der Waals surface area contributed by atoms with Crippen LogP contribution >= 0.6 is 0 Å². The predicted molar refractivity (Wildman–Crippen MR) is 129 cm³/mol. The molecule has 1 aliphatic carbocycles. The van der Waals surface area contributed by atoms with Crippen molar-refractivity contribution in [3.63, 3.8) is 0 Å². The van der Waals surface area contributed by atoms with Crippen LogP contribution in [0, 0.1) is 13.8 Å². The Bertz CT molecular complexity index is 1110. The van der Waals surface area contributed by atoms with Gasteiger partial charge in [-0.1, -0.05) is 68.1 Å². The van der Waals surface area contributed by atoms with Crippen LogP contribution in [-0.4, -0.2) is 11.9 Å². The fraction of sp³-hybridized carbons (Fsp3) is 0.310. The van der Waals surface area contributed by atoms with Crippen LogP contribution in [0.4, 0.5) is 0 Å². The maximum atomic E-state index is 13.0. The summed E-state index contributed by atoms with van der Waals surface area (Å²) in [5.74, 6) is 0.125.